The first-order chi connectivity index (χ1) is 8.59. The van der Waals surface area contributed by atoms with E-state index in [1.54, 1.807) is 30.1 Å². The zero-order valence-corrected chi connectivity index (χ0v) is 11.1. The highest BCUT2D eigenvalue weighted by Gasteiger charge is 2.26. The van der Waals surface area contributed by atoms with Gasteiger partial charge in [-0.05, 0) is 31.0 Å². The third kappa shape index (κ3) is 2.76. The minimum absolute atomic E-state index is 0.0312. The van der Waals surface area contributed by atoms with E-state index in [0.29, 0.717) is 23.0 Å². The van der Waals surface area contributed by atoms with Gasteiger partial charge in [0, 0.05) is 18.7 Å². The minimum Gasteiger partial charge on any atom is -0.397 e. The molecule has 2 rings (SSSR count). The highest BCUT2D eigenvalue weighted by atomic mass is 35.5. The Balaban J connectivity index is 2.16. The van der Waals surface area contributed by atoms with E-state index in [4.69, 9.17) is 22.1 Å². The number of carbonyl (C=O) groups is 1. The lowest BCUT2D eigenvalue weighted by atomic mass is 10.0. The molecule has 1 amide bonds. The molecule has 0 saturated carbocycles. The van der Waals surface area contributed by atoms with Crippen LogP contribution in [0.4, 0.5) is 11.4 Å². The molecule has 4 nitrogen and oxygen atoms in total. The zero-order chi connectivity index (χ0) is 13.1. The maximum absolute atomic E-state index is 12.3. The van der Waals surface area contributed by atoms with Crippen molar-refractivity contribution in [3.63, 3.8) is 0 Å². The smallest absolute Gasteiger partial charge is 0.232 e. The van der Waals surface area contributed by atoms with Crippen molar-refractivity contribution < 1.29 is 9.53 Å². The standard InChI is InChI=1S/C13H17ClN2O2/c1-16(12-7-10(14)4-5-11(12)15)13(17)9-3-2-6-18-8-9/h4-5,7,9H,2-3,6,8,15H2,1H3. The zero-order valence-electron chi connectivity index (χ0n) is 10.4. The fourth-order valence-corrected chi connectivity index (χ4v) is 2.30. The molecule has 98 valence electrons. The lowest BCUT2D eigenvalue weighted by Gasteiger charge is -2.27. The molecule has 1 atom stereocenters. The van der Waals surface area contributed by atoms with Crippen LogP contribution in [0.5, 0.6) is 0 Å². The summed E-state index contributed by atoms with van der Waals surface area (Å²) in [5.74, 6) is -0.0502. The van der Waals surface area contributed by atoms with Crippen molar-refractivity contribution in [3.05, 3.63) is 23.2 Å². The second kappa shape index (κ2) is 5.59. The monoisotopic (exact) mass is 268 g/mol. The Labute approximate surface area is 112 Å². The molecule has 1 aromatic carbocycles. The Kier molecular flexibility index (Phi) is 4.09. The number of hydrogen-bond donors (Lipinski definition) is 1. The van der Waals surface area contributed by atoms with Crippen LogP contribution in [0.1, 0.15) is 12.8 Å². The van der Waals surface area contributed by atoms with Gasteiger partial charge in [-0.3, -0.25) is 4.79 Å². The molecule has 1 heterocycles. The van der Waals surface area contributed by atoms with E-state index in [0.717, 1.165) is 19.4 Å². The van der Waals surface area contributed by atoms with Gasteiger partial charge in [0.2, 0.25) is 5.91 Å². The first-order valence-corrected chi connectivity index (χ1v) is 6.37. The third-order valence-corrected chi connectivity index (χ3v) is 3.43. The molecule has 0 bridgehead atoms. The van der Waals surface area contributed by atoms with E-state index < -0.39 is 0 Å². The van der Waals surface area contributed by atoms with E-state index in [1.807, 2.05) is 0 Å². The average molecular weight is 269 g/mol. The van der Waals surface area contributed by atoms with Gasteiger partial charge < -0.3 is 15.4 Å². The van der Waals surface area contributed by atoms with Crippen molar-refractivity contribution in [2.24, 2.45) is 5.92 Å². The molecular formula is C13H17ClN2O2. The molecule has 0 aliphatic carbocycles. The fourth-order valence-electron chi connectivity index (χ4n) is 2.14. The van der Waals surface area contributed by atoms with Crippen LogP contribution in [0.3, 0.4) is 0 Å². The highest BCUT2D eigenvalue weighted by molar-refractivity contribution is 6.31. The second-order valence-electron chi connectivity index (χ2n) is 4.51. The van der Waals surface area contributed by atoms with Crippen molar-refractivity contribution in [3.8, 4) is 0 Å². The topological polar surface area (TPSA) is 55.6 Å². The van der Waals surface area contributed by atoms with Crippen molar-refractivity contribution >= 4 is 28.9 Å². The largest absolute Gasteiger partial charge is 0.397 e. The Hall–Kier alpha value is -1.26. The van der Waals surface area contributed by atoms with Gasteiger partial charge in [-0.1, -0.05) is 11.6 Å². The summed E-state index contributed by atoms with van der Waals surface area (Å²) in [4.78, 5) is 13.9. The molecule has 5 heteroatoms. The SMILES string of the molecule is CN(C(=O)C1CCCOC1)c1cc(Cl)ccc1N. The number of carbonyl (C=O) groups excluding carboxylic acids is 1. The molecular weight excluding hydrogens is 252 g/mol. The van der Waals surface area contributed by atoms with Crippen molar-refractivity contribution in [1.29, 1.82) is 0 Å². The molecule has 1 aliphatic rings. The Morgan fingerprint density at radius 1 is 1.56 bits per heavy atom. The first-order valence-electron chi connectivity index (χ1n) is 6.00. The minimum atomic E-state index is -0.0814. The van der Waals surface area contributed by atoms with Crippen LogP contribution in [0.25, 0.3) is 0 Å². The predicted molar refractivity (Wildman–Crippen MR) is 72.8 cm³/mol. The second-order valence-corrected chi connectivity index (χ2v) is 4.95. The first kappa shape index (κ1) is 13.2. The number of nitrogens with zero attached hydrogens (tertiary/aromatic N) is 1. The van der Waals surface area contributed by atoms with E-state index >= 15 is 0 Å². The van der Waals surface area contributed by atoms with E-state index in [9.17, 15) is 4.79 Å². The summed E-state index contributed by atoms with van der Waals surface area (Å²) in [6.07, 6.45) is 1.79. The molecule has 1 fully saturated rings. The van der Waals surface area contributed by atoms with Gasteiger partial charge in [-0.25, -0.2) is 0 Å². The summed E-state index contributed by atoms with van der Waals surface area (Å²) in [7, 11) is 1.72. The predicted octanol–water partition coefficient (Wildman–Crippen LogP) is 2.31. The number of anilines is 2. The maximum Gasteiger partial charge on any atom is 0.232 e. The third-order valence-electron chi connectivity index (χ3n) is 3.19. The number of halogens is 1. The fraction of sp³-hybridized carbons (Fsp3) is 0.462. The van der Waals surface area contributed by atoms with Crippen LogP contribution < -0.4 is 10.6 Å². The number of amides is 1. The molecule has 18 heavy (non-hydrogen) atoms. The number of hydrogen-bond acceptors (Lipinski definition) is 3. The summed E-state index contributed by atoms with van der Waals surface area (Å²) in [5.41, 5.74) is 7.07. The number of benzene rings is 1. The van der Waals surface area contributed by atoms with Gasteiger partial charge in [-0.2, -0.15) is 0 Å². The van der Waals surface area contributed by atoms with Gasteiger partial charge in [0.25, 0.3) is 0 Å². The molecule has 0 aromatic heterocycles. The van der Waals surface area contributed by atoms with Crippen molar-refractivity contribution in [2.75, 3.05) is 30.9 Å². The van der Waals surface area contributed by atoms with Crippen LogP contribution in [-0.2, 0) is 9.53 Å². The number of rotatable bonds is 2. The summed E-state index contributed by atoms with van der Waals surface area (Å²) in [5, 5.41) is 0.568. The molecule has 2 N–H and O–H groups in total. The van der Waals surface area contributed by atoms with Gasteiger partial charge in [-0.15, -0.1) is 0 Å². The van der Waals surface area contributed by atoms with E-state index in [1.165, 1.54) is 0 Å². The molecule has 1 aliphatic heterocycles. The Bertz CT molecular complexity index is 445. The van der Waals surface area contributed by atoms with Gasteiger partial charge in [0.05, 0.1) is 23.9 Å². The molecule has 1 aromatic rings. The van der Waals surface area contributed by atoms with Crippen molar-refractivity contribution in [1.82, 2.24) is 0 Å². The normalized spacial score (nSPS) is 19.6. The van der Waals surface area contributed by atoms with Crippen molar-refractivity contribution in [2.45, 2.75) is 12.8 Å². The maximum atomic E-state index is 12.3. The number of nitrogens with two attached hydrogens (primary N) is 1. The Morgan fingerprint density at radius 2 is 2.33 bits per heavy atom. The molecule has 0 radical (unpaired) electrons. The molecule has 0 spiro atoms. The number of nitrogen functional groups attached to an aromatic ring is 1. The Morgan fingerprint density at radius 3 is 3.00 bits per heavy atom. The summed E-state index contributed by atoms with van der Waals surface area (Å²) >= 11 is 5.93. The summed E-state index contributed by atoms with van der Waals surface area (Å²) in [6, 6.07) is 5.12. The van der Waals surface area contributed by atoms with E-state index in [2.05, 4.69) is 0 Å². The van der Waals surface area contributed by atoms with Crippen LogP contribution in [0.2, 0.25) is 5.02 Å². The quantitative estimate of drug-likeness (QED) is 0.838. The summed E-state index contributed by atoms with van der Waals surface area (Å²) in [6.45, 7) is 1.23. The van der Waals surface area contributed by atoms with Gasteiger partial charge >= 0.3 is 0 Å². The van der Waals surface area contributed by atoms with Crippen LogP contribution in [-0.4, -0.2) is 26.2 Å². The highest BCUT2D eigenvalue weighted by Crippen LogP contribution is 2.28. The van der Waals surface area contributed by atoms with Gasteiger partial charge in [0.15, 0.2) is 0 Å². The van der Waals surface area contributed by atoms with Crippen LogP contribution >= 0.6 is 11.6 Å². The van der Waals surface area contributed by atoms with E-state index in [-0.39, 0.29) is 11.8 Å². The van der Waals surface area contributed by atoms with Crippen LogP contribution in [0, 0.1) is 5.92 Å². The number of ether oxygens (including phenoxy) is 1. The summed E-state index contributed by atoms with van der Waals surface area (Å²) < 4.78 is 5.34. The van der Waals surface area contributed by atoms with Gasteiger partial charge in [0.1, 0.15) is 0 Å². The molecule has 1 unspecified atom stereocenters. The average Bonchev–Trinajstić information content (AvgIpc) is 2.41. The van der Waals surface area contributed by atoms with Crippen LogP contribution in [0.15, 0.2) is 18.2 Å². The molecule has 1 saturated heterocycles. The lowest BCUT2D eigenvalue weighted by Crippen LogP contribution is -2.37. The lowest BCUT2D eigenvalue weighted by molar-refractivity contribution is -0.125.